The minimum absolute atomic E-state index is 0.0343. The lowest BCUT2D eigenvalue weighted by atomic mass is 9.88. The van der Waals surface area contributed by atoms with Crippen molar-refractivity contribution in [2.45, 2.75) is 40.0 Å². The zero-order valence-corrected chi connectivity index (χ0v) is 13.6. The monoisotopic (exact) mass is 299 g/mol. The van der Waals surface area contributed by atoms with E-state index in [4.69, 9.17) is 0 Å². The first-order valence-corrected chi connectivity index (χ1v) is 8.40. The molecule has 0 aliphatic heterocycles. The number of carbonyl (C=O) groups excluding carboxylic acids is 1. The van der Waals surface area contributed by atoms with Gasteiger partial charge in [-0.3, -0.25) is 4.79 Å². The summed E-state index contributed by atoms with van der Waals surface area (Å²) in [6.45, 7) is 6.39. The number of nitrogens with one attached hydrogen (secondary N) is 1. The third-order valence-corrected chi connectivity index (χ3v) is 5.18. The van der Waals surface area contributed by atoms with Gasteiger partial charge in [-0.15, -0.1) is 11.3 Å². The van der Waals surface area contributed by atoms with Crippen molar-refractivity contribution < 1.29 is 4.79 Å². The Labute approximate surface area is 130 Å². The van der Waals surface area contributed by atoms with Gasteiger partial charge in [0.2, 0.25) is 0 Å². The van der Waals surface area contributed by atoms with Crippen molar-refractivity contribution in [1.82, 2.24) is 0 Å². The number of carbonyl (C=O) groups is 1. The number of hydrogen-bond donors (Lipinski definition) is 1. The average molecular weight is 299 g/mol. The normalized spacial score (nSPS) is 17.4. The van der Waals surface area contributed by atoms with Crippen LogP contribution < -0.4 is 5.32 Å². The van der Waals surface area contributed by atoms with Crippen LogP contribution in [0.5, 0.6) is 0 Å². The van der Waals surface area contributed by atoms with Gasteiger partial charge < -0.3 is 5.32 Å². The van der Waals surface area contributed by atoms with Crippen molar-refractivity contribution in [1.29, 1.82) is 0 Å². The molecule has 2 nitrogen and oxygen atoms in total. The predicted octanol–water partition coefficient (Wildman–Crippen LogP) is 4.74. The molecule has 3 rings (SSSR count). The van der Waals surface area contributed by atoms with Crippen LogP contribution in [0.15, 0.2) is 23.6 Å². The van der Waals surface area contributed by atoms with Crippen molar-refractivity contribution in [3.63, 3.8) is 0 Å². The highest BCUT2D eigenvalue weighted by molar-refractivity contribution is 7.10. The van der Waals surface area contributed by atoms with E-state index in [1.165, 1.54) is 28.0 Å². The lowest BCUT2D eigenvalue weighted by Gasteiger charge is -2.18. The van der Waals surface area contributed by atoms with Crippen LogP contribution in [0.2, 0.25) is 0 Å². The van der Waals surface area contributed by atoms with Gasteiger partial charge in [0.05, 0.1) is 5.56 Å². The van der Waals surface area contributed by atoms with Crippen LogP contribution >= 0.6 is 11.3 Å². The van der Waals surface area contributed by atoms with Crippen LogP contribution in [-0.4, -0.2) is 5.91 Å². The Kier molecular flexibility index (Phi) is 3.85. The van der Waals surface area contributed by atoms with E-state index in [0.29, 0.717) is 0 Å². The van der Waals surface area contributed by atoms with E-state index < -0.39 is 0 Å². The molecule has 0 spiro atoms. The van der Waals surface area contributed by atoms with Crippen LogP contribution in [0.3, 0.4) is 0 Å². The maximum absolute atomic E-state index is 12.5. The average Bonchev–Trinajstić information content (AvgIpc) is 2.80. The molecule has 110 valence electrons. The summed E-state index contributed by atoms with van der Waals surface area (Å²) in [4.78, 5) is 13.9. The standard InChI is InChI=1S/C18H21NOS/c1-11-4-5-15-16(10-21-17(15)9-11)18(20)19-14-7-12(2)6-13(3)8-14/h6-8,10-11H,4-5,9H2,1-3H3,(H,19,20)/t11-/m0/s1. The molecule has 1 N–H and O–H groups in total. The second kappa shape index (κ2) is 5.64. The molecule has 21 heavy (non-hydrogen) atoms. The third kappa shape index (κ3) is 3.03. The molecule has 0 unspecified atom stereocenters. The first-order chi connectivity index (χ1) is 10.0. The Bertz CT molecular complexity index is 666. The summed E-state index contributed by atoms with van der Waals surface area (Å²) in [5.74, 6) is 0.776. The summed E-state index contributed by atoms with van der Waals surface area (Å²) in [6.07, 6.45) is 3.35. The molecule has 3 heteroatoms. The largest absolute Gasteiger partial charge is 0.322 e. The quantitative estimate of drug-likeness (QED) is 0.852. The van der Waals surface area contributed by atoms with E-state index in [1.807, 2.05) is 17.5 Å². The molecule has 1 amide bonds. The Morgan fingerprint density at radius 1 is 1.24 bits per heavy atom. The Balaban J connectivity index is 1.83. The fourth-order valence-electron chi connectivity index (χ4n) is 3.11. The molecule has 1 heterocycles. The van der Waals surface area contributed by atoms with Gasteiger partial charge in [-0.2, -0.15) is 0 Å². The summed E-state index contributed by atoms with van der Waals surface area (Å²) in [6, 6.07) is 6.15. The number of rotatable bonds is 2. The third-order valence-electron chi connectivity index (χ3n) is 4.13. The maximum Gasteiger partial charge on any atom is 0.256 e. The smallest absolute Gasteiger partial charge is 0.256 e. The Morgan fingerprint density at radius 2 is 1.95 bits per heavy atom. The van der Waals surface area contributed by atoms with E-state index in [2.05, 4.69) is 32.2 Å². The van der Waals surface area contributed by atoms with Crippen LogP contribution in [0, 0.1) is 19.8 Å². The van der Waals surface area contributed by atoms with Crippen LogP contribution in [0.25, 0.3) is 0 Å². The molecule has 1 aliphatic rings. The molecule has 0 saturated carbocycles. The van der Waals surface area contributed by atoms with Gasteiger partial charge in [0.25, 0.3) is 5.91 Å². The SMILES string of the molecule is Cc1cc(C)cc(NC(=O)c2csc3c2CC[C@H](C)C3)c1. The lowest BCUT2D eigenvalue weighted by molar-refractivity contribution is 0.102. The number of benzene rings is 1. The number of amides is 1. The van der Waals surface area contributed by atoms with Crippen LogP contribution in [0.1, 0.15) is 45.3 Å². The molecule has 1 aromatic heterocycles. The molecule has 2 aromatic rings. The van der Waals surface area contributed by atoms with E-state index in [1.54, 1.807) is 11.3 Å². The van der Waals surface area contributed by atoms with Crippen LogP contribution in [0.4, 0.5) is 5.69 Å². The van der Waals surface area contributed by atoms with Crippen molar-refractivity contribution in [2.24, 2.45) is 5.92 Å². The van der Waals surface area contributed by atoms with Gasteiger partial charge >= 0.3 is 0 Å². The van der Waals surface area contributed by atoms with Gasteiger partial charge in [-0.05, 0) is 67.9 Å². The molecule has 1 aromatic carbocycles. The zero-order valence-electron chi connectivity index (χ0n) is 12.8. The highest BCUT2D eigenvalue weighted by Crippen LogP contribution is 2.33. The molecule has 1 atom stereocenters. The Morgan fingerprint density at radius 3 is 2.67 bits per heavy atom. The van der Waals surface area contributed by atoms with E-state index >= 15 is 0 Å². The fraction of sp³-hybridized carbons (Fsp3) is 0.389. The second-order valence-corrected chi connectivity index (χ2v) is 7.19. The molecule has 1 aliphatic carbocycles. The minimum Gasteiger partial charge on any atom is -0.322 e. The summed E-state index contributed by atoms with van der Waals surface area (Å²) >= 11 is 1.74. The molecule has 0 saturated heterocycles. The first kappa shape index (κ1) is 14.3. The number of thiophene rings is 1. The van der Waals surface area contributed by atoms with Crippen molar-refractivity contribution >= 4 is 22.9 Å². The van der Waals surface area contributed by atoms with Crippen molar-refractivity contribution in [3.05, 3.63) is 50.7 Å². The fourth-order valence-corrected chi connectivity index (χ4v) is 4.36. The minimum atomic E-state index is 0.0343. The van der Waals surface area contributed by atoms with Gasteiger partial charge in [-0.25, -0.2) is 0 Å². The highest BCUT2D eigenvalue weighted by atomic mass is 32.1. The van der Waals surface area contributed by atoms with Crippen LogP contribution in [-0.2, 0) is 12.8 Å². The second-order valence-electron chi connectivity index (χ2n) is 6.23. The maximum atomic E-state index is 12.5. The van der Waals surface area contributed by atoms with E-state index in [-0.39, 0.29) is 5.91 Å². The molecule has 0 fully saturated rings. The van der Waals surface area contributed by atoms with Gasteiger partial charge in [0.15, 0.2) is 0 Å². The predicted molar refractivity (Wildman–Crippen MR) is 89.4 cm³/mol. The van der Waals surface area contributed by atoms with E-state index in [9.17, 15) is 4.79 Å². The van der Waals surface area contributed by atoms with Gasteiger partial charge in [0.1, 0.15) is 0 Å². The number of fused-ring (bicyclic) bond motifs is 1. The summed E-state index contributed by atoms with van der Waals surface area (Å²) < 4.78 is 0. The molecular formula is C18H21NOS. The molecule has 0 radical (unpaired) electrons. The van der Waals surface area contributed by atoms with Crippen molar-refractivity contribution in [3.8, 4) is 0 Å². The number of hydrogen-bond acceptors (Lipinski definition) is 2. The summed E-state index contributed by atoms with van der Waals surface area (Å²) in [7, 11) is 0. The van der Waals surface area contributed by atoms with Crippen molar-refractivity contribution in [2.75, 3.05) is 5.32 Å². The van der Waals surface area contributed by atoms with Gasteiger partial charge in [-0.1, -0.05) is 13.0 Å². The van der Waals surface area contributed by atoms with Gasteiger partial charge in [0, 0.05) is 15.9 Å². The molecule has 0 bridgehead atoms. The Hall–Kier alpha value is -1.61. The molecular weight excluding hydrogens is 278 g/mol. The summed E-state index contributed by atoms with van der Waals surface area (Å²) in [5, 5.41) is 5.08. The number of aryl methyl sites for hydroxylation is 2. The topological polar surface area (TPSA) is 29.1 Å². The summed E-state index contributed by atoms with van der Waals surface area (Å²) in [5.41, 5.74) is 5.39. The zero-order chi connectivity index (χ0) is 15.0. The number of anilines is 1. The van der Waals surface area contributed by atoms with E-state index in [0.717, 1.165) is 30.0 Å². The highest BCUT2D eigenvalue weighted by Gasteiger charge is 2.23. The first-order valence-electron chi connectivity index (χ1n) is 7.52. The lowest BCUT2D eigenvalue weighted by Crippen LogP contribution is -2.16.